The highest BCUT2D eigenvalue weighted by atomic mass is 19.4. The van der Waals surface area contributed by atoms with Gasteiger partial charge in [0.2, 0.25) is 0 Å². The van der Waals surface area contributed by atoms with Crippen LogP contribution in [0.15, 0.2) is 249 Å². The Morgan fingerprint density at radius 1 is 0.262 bits per heavy atom. The van der Waals surface area contributed by atoms with Gasteiger partial charge in [0.1, 0.15) is 0 Å². The molecule has 11 aromatic carbocycles. The van der Waals surface area contributed by atoms with Gasteiger partial charge in [0, 0.05) is 71.2 Å². The molecule has 402 valence electrons. The van der Waals surface area contributed by atoms with Crippen molar-refractivity contribution in [3.63, 3.8) is 0 Å². The minimum absolute atomic E-state index is 0.0184. The summed E-state index contributed by atoms with van der Waals surface area (Å²) in [6, 6.07) is 75.1. The van der Waals surface area contributed by atoms with Gasteiger partial charge in [0.05, 0.1) is 66.6 Å². The van der Waals surface area contributed by atoms with E-state index in [-0.39, 0.29) is 40.0 Å². The molecule has 84 heavy (non-hydrogen) atoms. The molecule has 0 saturated heterocycles. The first-order valence-corrected chi connectivity index (χ1v) is 27.2. The summed E-state index contributed by atoms with van der Waals surface area (Å²) >= 11 is 0. The Bertz CT molecular complexity index is 5030. The normalized spacial score (nSPS) is 12.4. The van der Waals surface area contributed by atoms with Crippen LogP contribution in [0.4, 0.5) is 26.3 Å². The van der Waals surface area contributed by atoms with Crippen molar-refractivity contribution in [1.29, 1.82) is 0 Å². The van der Waals surface area contributed by atoms with Gasteiger partial charge < -0.3 is 18.3 Å². The van der Waals surface area contributed by atoms with Crippen molar-refractivity contribution in [3.8, 4) is 56.9 Å². The molecule has 0 aliphatic carbocycles. The molecule has 16 aromatic rings. The first-order chi connectivity index (χ1) is 41.0. The van der Waals surface area contributed by atoms with Crippen molar-refractivity contribution in [1.82, 2.24) is 33.2 Å². The lowest BCUT2D eigenvalue weighted by molar-refractivity contribution is -0.138. The van der Waals surface area contributed by atoms with Crippen LogP contribution in [0.25, 0.3) is 144 Å². The fourth-order valence-electron chi connectivity index (χ4n) is 12.8. The third-order valence-corrected chi connectivity index (χ3v) is 16.2. The fourth-order valence-corrected chi connectivity index (χ4v) is 12.8. The van der Waals surface area contributed by atoms with E-state index in [4.69, 9.17) is 15.0 Å². The fraction of sp³-hybridized carbons (Fsp3) is 0.0282. The Kier molecular flexibility index (Phi) is 10.7. The van der Waals surface area contributed by atoms with Crippen molar-refractivity contribution in [2.75, 3.05) is 0 Å². The number of halogens is 6. The summed E-state index contributed by atoms with van der Waals surface area (Å²) < 4.78 is 105. The predicted molar refractivity (Wildman–Crippen MR) is 323 cm³/mol. The van der Waals surface area contributed by atoms with E-state index in [1.165, 1.54) is 24.3 Å². The lowest BCUT2D eigenvalue weighted by atomic mass is 10.0. The van der Waals surface area contributed by atoms with E-state index >= 15 is 26.3 Å². The van der Waals surface area contributed by atoms with E-state index in [0.717, 1.165) is 88.7 Å². The highest BCUT2D eigenvalue weighted by Crippen LogP contribution is 2.48. The van der Waals surface area contributed by atoms with Crippen LogP contribution < -0.4 is 0 Å². The van der Waals surface area contributed by atoms with Gasteiger partial charge in [-0.3, -0.25) is 0 Å². The number of aromatic nitrogens is 7. The quantitative estimate of drug-likeness (QED) is 0.149. The van der Waals surface area contributed by atoms with E-state index in [0.29, 0.717) is 27.6 Å². The van der Waals surface area contributed by atoms with E-state index in [1.807, 2.05) is 182 Å². The average molecular weight is 1110 g/mol. The molecule has 0 spiro atoms. The molecule has 5 aromatic heterocycles. The van der Waals surface area contributed by atoms with Gasteiger partial charge >= 0.3 is 12.4 Å². The molecule has 0 aliphatic rings. The van der Waals surface area contributed by atoms with Crippen molar-refractivity contribution in [3.05, 3.63) is 260 Å². The molecule has 0 aliphatic heterocycles. The molecule has 0 saturated carbocycles. The summed E-state index contributed by atoms with van der Waals surface area (Å²) in [5.41, 5.74) is 5.80. The second-order valence-corrected chi connectivity index (χ2v) is 20.9. The van der Waals surface area contributed by atoms with Gasteiger partial charge in [-0.2, -0.15) is 26.3 Å². The Morgan fingerprint density at radius 3 is 0.988 bits per heavy atom. The topological polar surface area (TPSA) is 58.4 Å². The van der Waals surface area contributed by atoms with Crippen LogP contribution >= 0.6 is 0 Å². The first kappa shape index (κ1) is 49.1. The number of alkyl halides is 6. The maximum Gasteiger partial charge on any atom is 0.418 e. The summed E-state index contributed by atoms with van der Waals surface area (Å²) in [5, 5.41) is 6.36. The zero-order chi connectivity index (χ0) is 56.6. The molecule has 0 N–H and O–H groups in total. The lowest BCUT2D eigenvalue weighted by Crippen LogP contribution is -2.12. The number of hydrogen-bond donors (Lipinski definition) is 0. The second-order valence-electron chi connectivity index (χ2n) is 20.9. The number of nitrogens with zero attached hydrogens (tertiary/aromatic N) is 7. The zero-order valence-corrected chi connectivity index (χ0v) is 44.1. The molecule has 5 heterocycles. The minimum Gasteiger partial charge on any atom is -0.309 e. The van der Waals surface area contributed by atoms with Crippen molar-refractivity contribution in [2.24, 2.45) is 0 Å². The van der Waals surface area contributed by atoms with Gasteiger partial charge in [-0.15, -0.1) is 0 Å². The summed E-state index contributed by atoms with van der Waals surface area (Å²) in [7, 11) is 0. The lowest BCUT2D eigenvalue weighted by Gasteiger charge is -2.19. The highest BCUT2D eigenvalue weighted by molar-refractivity contribution is 6.27. The summed E-state index contributed by atoms with van der Waals surface area (Å²) in [6.07, 6.45) is -9.83. The Morgan fingerprint density at radius 2 is 0.595 bits per heavy atom. The van der Waals surface area contributed by atoms with Crippen LogP contribution in [0.1, 0.15) is 11.1 Å². The third kappa shape index (κ3) is 7.44. The maximum atomic E-state index is 16.2. The number of para-hydroxylation sites is 6. The van der Waals surface area contributed by atoms with Gasteiger partial charge in [-0.25, -0.2) is 15.0 Å². The molecule has 0 fully saturated rings. The van der Waals surface area contributed by atoms with E-state index in [2.05, 4.69) is 9.13 Å². The van der Waals surface area contributed by atoms with Crippen LogP contribution in [0.3, 0.4) is 0 Å². The minimum atomic E-state index is -4.92. The number of hydrogen-bond acceptors (Lipinski definition) is 3. The summed E-state index contributed by atoms with van der Waals surface area (Å²) in [6.45, 7) is 0. The SMILES string of the molecule is FC(F)(F)c1cc(-c2nc(-c3ccccc3)nc(-c3ccc(-n4c5ccccc5c5ccc6c(c7ccccc7n6-c6ccccc6)c54)c(C(F)(F)F)c3)n2)ccc1-n1c2ccccc2c2ccc3c(c4ccccc4n3-c3ccccc3)c21. The summed E-state index contributed by atoms with van der Waals surface area (Å²) in [4.78, 5) is 14.3. The Hall–Kier alpha value is -10.8. The molecule has 7 nitrogen and oxygen atoms in total. The molecule has 16 rings (SSSR count). The molecular formula is C71H41F6N7. The van der Waals surface area contributed by atoms with Crippen LogP contribution in [-0.2, 0) is 12.4 Å². The van der Waals surface area contributed by atoms with E-state index < -0.39 is 23.5 Å². The molecule has 13 heteroatoms. The predicted octanol–water partition coefficient (Wildman–Crippen LogP) is 19.3. The molecular weight excluding hydrogens is 1060 g/mol. The average Bonchev–Trinajstić information content (AvgIpc) is 1.71. The van der Waals surface area contributed by atoms with Crippen molar-refractivity contribution < 1.29 is 26.3 Å². The monoisotopic (exact) mass is 1110 g/mol. The Balaban J connectivity index is 0.907. The smallest absolute Gasteiger partial charge is 0.309 e. The molecule has 0 bridgehead atoms. The van der Waals surface area contributed by atoms with Crippen molar-refractivity contribution >= 4 is 87.2 Å². The molecule has 0 amide bonds. The standard InChI is InChI=1S/C71H41F6N7/c72-70(73,74)53-40-43(32-36-59(53)83-55-28-14-10-24-47(55)49-34-38-61-63(65(49)83)51-26-12-16-30-57(51)81(61)45-20-6-2-7-21-45)68-78-67(42-18-4-1-5-19-42)79-69(80-68)44-33-37-60(54(41-44)71(75,76)77)84-56-29-15-11-25-48(56)50-35-39-62-64(66(50)84)52-27-13-17-31-58(52)82(62)46-22-8-3-9-23-46/h1-41H. The van der Waals surface area contributed by atoms with Crippen molar-refractivity contribution in [2.45, 2.75) is 12.4 Å². The molecule has 0 radical (unpaired) electrons. The second kappa shape index (κ2) is 18.4. The number of benzene rings is 11. The third-order valence-electron chi connectivity index (χ3n) is 16.2. The van der Waals surface area contributed by atoms with Crippen LogP contribution in [0.2, 0.25) is 0 Å². The van der Waals surface area contributed by atoms with Gasteiger partial charge in [0.25, 0.3) is 0 Å². The van der Waals surface area contributed by atoms with E-state index in [1.54, 1.807) is 39.5 Å². The van der Waals surface area contributed by atoms with Crippen LogP contribution in [0.5, 0.6) is 0 Å². The van der Waals surface area contributed by atoms with Crippen LogP contribution in [0, 0.1) is 0 Å². The molecule has 0 unspecified atom stereocenters. The first-order valence-electron chi connectivity index (χ1n) is 27.2. The van der Waals surface area contributed by atoms with Gasteiger partial charge in [-0.05, 0) is 97.1 Å². The summed E-state index contributed by atoms with van der Waals surface area (Å²) in [5.74, 6) is -0.266. The maximum absolute atomic E-state index is 16.2. The highest BCUT2D eigenvalue weighted by Gasteiger charge is 2.38. The van der Waals surface area contributed by atoms with Gasteiger partial charge in [-0.1, -0.05) is 152 Å². The molecule has 0 atom stereocenters. The number of fused-ring (bicyclic) bond motifs is 14. The van der Waals surface area contributed by atoms with Crippen LogP contribution in [-0.4, -0.2) is 33.2 Å². The van der Waals surface area contributed by atoms with E-state index in [9.17, 15) is 0 Å². The Labute approximate surface area is 473 Å². The van der Waals surface area contributed by atoms with Gasteiger partial charge in [0.15, 0.2) is 17.5 Å². The zero-order valence-electron chi connectivity index (χ0n) is 44.1. The largest absolute Gasteiger partial charge is 0.418 e. The number of rotatable bonds is 7.